The SMILES string of the molecule is COc1ccc(N/C=C(/C#N)C(=O)NCC2CCCO2)cc1. The number of ether oxygens (including phenoxy) is 2. The number of hydrogen-bond donors (Lipinski definition) is 2. The fourth-order valence-corrected chi connectivity index (χ4v) is 2.10. The molecule has 6 nitrogen and oxygen atoms in total. The molecule has 0 bridgehead atoms. The maximum atomic E-state index is 11.9. The van der Waals surface area contributed by atoms with Crippen LogP contribution in [0.15, 0.2) is 36.0 Å². The summed E-state index contributed by atoms with van der Waals surface area (Å²) in [5.41, 5.74) is 0.786. The lowest BCUT2D eigenvalue weighted by molar-refractivity contribution is -0.117. The second-order valence-electron chi connectivity index (χ2n) is 4.89. The number of hydrogen-bond acceptors (Lipinski definition) is 5. The Bertz CT molecular complexity index is 569. The van der Waals surface area contributed by atoms with Crippen LogP contribution in [0.4, 0.5) is 5.69 Å². The molecule has 22 heavy (non-hydrogen) atoms. The van der Waals surface area contributed by atoms with Crippen LogP contribution in [-0.4, -0.2) is 32.3 Å². The van der Waals surface area contributed by atoms with Crippen molar-refractivity contribution in [2.75, 3.05) is 25.6 Å². The first-order valence-corrected chi connectivity index (χ1v) is 7.13. The number of methoxy groups -OCH3 is 1. The van der Waals surface area contributed by atoms with Gasteiger partial charge in [-0.15, -0.1) is 0 Å². The molecule has 0 saturated carbocycles. The second kappa shape index (κ2) is 8.05. The molecule has 116 valence electrons. The van der Waals surface area contributed by atoms with E-state index in [1.165, 1.54) is 6.20 Å². The summed E-state index contributed by atoms with van der Waals surface area (Å²) in [5.74, 6) is 0.336. The van der Waals surface area contributed by atoms with E-state index >= 15 is 0 Å². The highest BCUT2D eigenvalue weighted by Crippen LogP contribution is 2.15. The minimum Gasteiger partial charge on any atom is -0.497 e. The number of carbonyl (C=O) groups excluding carboxylic acids is 1. The zero-order valence-corrected chi connectivity index (χ0v) is 12.5. The largest absolute Gasteiger partial charge is 0.497 e. The van der Waals surface area contributed by atoms with Gasteiger partial charge in [-0.05, 0) is 37.1 Å². The summed E-state index contributed by atoms with van der Waals surface area (Å²) in [6, 6.07) is 9.07. The number of rotatable bonds is 6. The molecule has 2 rings (SSSR count). The van der Waals surface area contributed by atoms with Gasteiger partial charge < -0.3 is 20.1 Å². The van der Waals surface area contributed by atoms with Crippen LogP contribution in [0.1, 0.15) is 12.8 Å². The van der Waals surface area contributed by atoms with Crippen LogP contribution < -0.4 is 15.4 Å². The lowest BCUT2D eigenvalue weighted by Crippen LogP contribution is -2.32. The molecule has 0 aliphatic carbocycles. The highest BCUT2D eigenvalue weighted by Gasteiger charge is 2.17. The van der Waals surface area contributed by atoms with Gasteiger partial charge in [0.05, 0.1) is 13.2 Å². The number of nitrogens with zero attached hydrogens (tertiary/aromatic N) is 1. The van der Waals surface area contributed by atoms with E-state index in [4.69, 9.17) is 14.7 Å². The van der Waals surface area contributed by atoms with E-state index in [9.17, 15) is 4.79 Å². The summed E-state index contributed by atoms with van der Waals surface area (Å²) >= 11 is 0. The van der Waals surface area contributed by atoms with Gasteiger partial charge in [-0.1, -0.05) is 0 Å². The van der Waals surface area contributed by atoms with E-state index in [-0.39, 0.29) is 11.7 Å². The third-order valence-corrected chi connectivity index (χ3v) is 3.35. The van der Waals surface area contributed by atoms with Crippen LogP contribution in [0.3, 0.4) is 0 Å². The van der Waals surface area contributed by atoms with Crippen molar-refractivity contribution in [2.45, 2.75) is 18.9 Å². The van der Waals surface area contributed by atoms with Crippen molar-refractivity contribution in [3.05, 3.63) is 36.0 Å². The van der Waals surface area contributed by atoms with Gasteiger partial charge in [-0.3, -0.25) is 4.79 Å². The molecule has 0 spiro atoms. The van der Waals surface area contributed by atoms with Crippen molar-refractivity contribution in [3.8, 4) is 11.8 Å². The maximum absolute atomic E-state index is 11.9. The standard InChI is InChI=1S/C16H19N3O3/c1-21-14-6-4-13(5-7-14)18-10-12(9-17)16(20)19-11-15-3-2-8-22-15/h4-7,10,15,18H,2-3,8,11H2,1H3,(H,19,20)/b12-10-. The summed E-state index contributed by atoms with van der Waals surface area (Å²) in [6.45, 7) is 1.17. The van der Waals surface area contributed by atoms with E-state index in [1.807, 2.05) is 6.07 Å². The van der Waals surface area contributed by atoms with Crippen molar-refractivity contribution in [3.63, 3.8) is 0 Å². The van der Waals surface area contributed by atoms with Crippen LogP contribution in [-0.2, 0) is 9.53 Å². The molecule has 0 radical (unpaired) electrons. The Balaban J connectivity index is 1.88. The summed E-state index contributed by atoms with van der Waals surface area (Å²) in [6.07, 6.45) is 3.40. The van der Waals surface area contributed by atoms with Crippen LogP contribution >= 0.6 is 0 Å². The predicted octanol–water partition coefficient (Wildman–Crippen LogP) is 1.81. The third-order valence-electron chi connectivity index (χ3n) is 3.35. The van der Waals surface area contributed by atoms with E-state index in [1.54, 1.807) is 31.4 Å². The average Bonchev–Trinajstić information content (AvgIpc) is 3.07. The first-order chi connectivity index (χ1) is 10.7. The van der Waals surface area contributed by atoms with Gasteiger partial charge in [0.1, 0.15) is 17.4 Å². The zero-order valence-electron chi connectivity index (χ0n) is 12.5. The van der Waals surface area contributed by atoms with E-state index in [2.05, 4.69) is 10.6 Å². The monoisotopic (exact) mass is 301 g/mol. The number of nitrogens with one attached hydrogen (secondary N) is 2. The van der Waals surface area contributed by atoms with E-state index < -0.39 is 5.91 Å². The summed E-state index contributed by atoms with van der Waals surface area (Å²) in [5, 5.41) is 14.7. The molecule has 1 aliphatic heterocycles. The average molecular weight is 301 g/mol. The van der Waals surface area contributed by atoms with Crippen molar-refractivity contribution in [2.24, 2.45) is 0 Å². The summed E-state index contributed by atoms with van der Waals surface area (Å²) < 4.78 is 10.5. The molecular weight excluding hydrogens is 282 g/mol. The van der Waals surface area contributed by atoms with Gasteiger partial charge in [0.2, 0.25) is 0 Å². The Hall–Kier alpha value is -2.52. The van der Waals surface area contributed by atoms with Crippen molar-refractivity contribution in [1.29, 1.82) is 5.26 Å². The van der Waals surface area contributed by atoms with Crippen LogP contribution in [0.5, 0.6) is 5.75 Å². The first kappa shape index (κ1) is 15.9. The van der Waals surface area contributed by atoms with Crippen LogP contribution in [0, 0.1) is 11.3 Å². The predicted molar refractivity (Wildman–Crippen MR) is 82.3 cm³/mol. The molecule has 1 heterocycles. The van der Waals surface area contributed by atoms with Gasteiger partial charge in [-0.25, -0.2) is 0 Å². The van der Waals surface area contributed by atoms with Gasteiger partial charge in [-0.2, -0.15) is 5.26 Å². The fourth-order valence-electron chi connectivity index (χ4n) is 2.10. The Kier molecular flexibility index (Phi) is 5.81. The minimum absolute atomic E-state index is 0.0221. The topological polar surface area (TPSA) is 83.4 Å². The summed E-state index contributed by atoms with van der Waals surface area (Å²) in [7, 11) is 1.59. The minimum atomic E-state index is -0.404. The molecule has 1 aliphatic rings. The highest BCUT2D eigenvalue weighted by molar-refractivity contribution is 5.97. The molecule has 2 N–H and O–H groups in total. The van der Waals surface area contributed by atoms with E-state index in [0.717, 1.165) is 30.9 Å². The number of anilines is 1. The molecule has 1 atom stereocenters. The van der Waals surface area contributed by atoms with Crippen molar-refractivity contribution >= 4 is 11.6 Å². The number of carbonyl (C=O) groups is 1. The third kappa shape index (κ3) is 4.50. The highest BCUT2D eigenvalue weighted by atomic mass is 16.5. The van der Waals surface area contributed by atoms with Gasteiger partial charge in [0, 0.05) is 25.0 Å². The molecular formula is C16H19N3O3. The molecule has 6 heteroatoms. The molecule has 1 unspecified atom stereocenters. The van der Waals surface area contributed by atoms with E-state index in [0.29, 0.717) is 6.54 Å². The van der Waals surface area contributed by atoms with Crippen molar-refractivity contribution < 1.29 is 14.3 Å². The Labute approximate surface area is 129 Å². The van der Waals surface area contributed by atoms with Gasteiger partial charge in [0.25, 0.3) is 5.91 Å². The lowest BCUT2D eigenvalue weighted by Gasteiger charge is -2.10. The number of amides is 1. The Morgan fingerprint density at radius 3 is 2.86 bits per heavy atom. The Morgan fingerprint density at radius 1 is 1.50 bits per heavy atom. The normalized spacial score (nSPS) is 17.6. The molecule has 1 amide bonds. The van der Waals surface area contributed by atoms with Gasteiger partial charge >= 0.3 is 0 Å². The quantitative estimate of drug-likeness (QED) is 0.618. The zero-order chi connectivity index (χ0) is 15.8. The maximum Gasteiger partial charge on any atom is 0.263 e. The molecule has 1 aromatic rings. The summed E-state index contributed by atoms with van der Waals surface area (Å²) in [4.78, 5) is 11.9. The molecule has 1 aromatic carbocycles. The smallest absolute Gasteiger partial charge is 0.263 e. The van der Waals surface area contributed by atoms with Crippen LogP contribution in [0.2, 0.25) is 0 Å². The molecule has 1 fully saturated rings. The van der Waals surface area contributed by atoms with Gasteiger partial charge in [0.15, 0.2) is 0 Å². The lowest BCUT2D eigenvalue weighted by atomic mass is 10.2. The Morgan fingerprint density at radius 2 is 2.27 bits per heavy atom. The second-order valence-corrected chi connectivity index (χ2v) is 4.89. The van der Waals surface area contributed by atoms with Crippen LogP contribution in [0.25, 0.3) is 0 Å². The number of nitriles is 1. The molecule has 0 aromatic heterocycles. The first-order valence-electron chi connectivity index (χ1n) is 7.13. The number of benzene rings is 1. The molecule has 1 saturated heterocycles. The fraction of sp³-hybridized carbons (Fsp3) is 0.375. The van der Waals surface area contributed by atoms with Crippen molar-refractivity contribution in [1.82, 2.24) is 5.32 Å².